The SMILES string of the molecule is COc1cc2c(cc1OC)CN(C(=O)C1Cc3ccccc3CN1Cc1ccccc1C#N)CC2. The average Bonchev–Trinajstić information content (AvgIpc) is 2.91. The molecular formula is C29H29N3O3. The number of benzene rings is 3. The minimum Gasteiger partial charge on any atom is -0.493 e. The lowest BCUT2D eigenvalue weighted by molar-refractivity contribution is -0.139. The first-order chi connectivity index (χ1) is 17.1. The molecule has 0 N–H and O–H groups in total. The normalized spacial score (nSPS) is 17.2. The predicted molar refractivity (Wildman–Crippen MR) is 133 cm³/mol. The molecule has 0 aromatic heterocycles. The van der Waals surface area contributed by atoms with Crippen LogP contribution < -0.4 is 9.47 Å². The Kier molecular flexibility index (Phi) is 6.43. The molecule has 3 aromatic carbocycles. The topological polar surface area (TPSA) is 65.8 Å². The number of amides is 1. The summed E-state index contributed by atoms with van der Waals surface area (Å²) < 4.78 is 11.0. The Balaban J connectivity index is 1.43. The third-order valence-electron chi connectivity index (χ3n) is 7.17. The van der Waals surface area contributed by atoms with Crippen molar-refractivity contribution in [1.29, 1.82) is 5.26 Å². The van der Waals surface area contributed by atoms with Crippen molar-refractivity contribution in [1.82, 2.24) is 9.80 Å². The van der Waals surface area contributed by atoms with E-state index in [0.29, 0.717) is 43.9 Å². The van der Waals surface area contributed by atoms with E-state index in [0.717, 1.165) is 23.3 Å². The summed E-state index contributed by atoms with van der Waals surface area (Å²) in [5.41, 5.74) is 6.37. The summed E-state index contributed by atoms with van der Waals surface area (Å²) in [4.78, 5) is 18.2. The first-order valence-corrected chi connectivity index (χ1v) is 11.9. The Morgan fingerprint density at radius 2 is 1.63 bits per heavy atom. The second-order valence-corrected chi connectivity index (χ2v) is 9.15. The lowest BCUT2D eigenvalue weighted by Gasteiger charge is -2.40. The standard InChI is InChI=1S/C29H29N3O3/c1-34-27-14-21-11-12-31(19-25(21)15-28(27)35-2)29(33)26-13-20-7-3-5-9-23(20)17-32(26)18-24-10-6-4-8-22(24)16-30/h3-10,14-15,26H,11-13,17-19H2,1-2H3. The van der Waals surface area contributed by atoms with Gasteiger partial charge in [-0.15, -0.1) is 0 Å². The average molecular weight is 468 g/mol. The summed E-state index contributed by atoms with van der Waals surface area (Å²) >= 11 is 0. The maximum absolute atomic E-state index is 14.0. The molecule has 6 heteroatoms. The van der Waals surface area contributed by atoms with Gasteiger partial charge in [-0.2, -0.15) is 5.26 Å². The fourth-order valence-electron chi connectivity index (χ4n) is 5.25. The van der Waals surface area contributed by atoms with Crippen LogP contribution in [0.15, 0.2) is 60.7 Å². The quantitative estimate of drug-likeness (QED) is 0.566. The highest BCUT2D eigenvalue weighted by Gasteiger charge is 2.35. The van der Waals surface area contributed by atoms with E-state index in [1.54, 1.807) is 14.2 Å². The van der Waals surface area contributed by atoms with Crippen LogP contribution in [0.2, 0.25) is 0 Å². The zero-order valence-corrected chi connectivity index (χ0v) is 20.2. The molecule has 0 saturated heterocycles. The summed E-state index contributed by atoms with van der Waals surface area (Å²) in [7, 11) is 3.27. The van der Waals surface area contributed by atoms with Crippen LogP contribution in [-0.2, 0) is 37.3 Å². The molecule has 0 aliphatic carbocycles. The highest BCUT2D eigenvalue weighted by atomic mass is 16.5. The molecule has 2 aliphatic rings. The minimum atomic E-state index is -0.279. The van der Waals surface area contributed by atoms with Crippen molar-refractivity contribution in [2.75, 3.05) is 20.8 Å². The number of carbonyl (C=O) groups is 1. The molecule has 2 aliphatic heterocycles. The number of nitrogens with zero attached hydrogens (tertiary/aromatic N) is 3. The fraction of sp³-hybridized carbons (Fsp3) is 0.310. The number of hydrogen-bond acceptors (Lipinski definition) is 5. The summed E-state index contributed by atoms with van der Waals surface area (Å²) in [6, 6.07) is 22.0. The van der Waals surface area contributed by atoms with E-state index in [1.807, 2.05) is 53.4 Å². The summed E-state index contributed by atoms with van der Waals surface area (Å²) in [5, 5.41) is 9.59. The van der Waals surface area contributed by atoms with Gasteiger partial charge in [0.1, 0.15) is 0 Å². The molecule has 1 amide bonds. The Bertz CT molecular complexity index is 1300. The second kappa shape index (κ2) is 9.81. The predicted octanol–water partition coefficient (Wildman–Crippen LogP) is 4.09. The lowest BCUT2D eigenvalue weighted by Crippen LogP contribution is -2.52. The number of carbonyl (C=O) groups excluding carboxylic acids is 1. The maximum atomic E-state index is 14.0. The van der Waals surface area contributed by atoms with E-state index >= 15 is 0 Å². The monoisotopic (exact) mass is 467 g/mol. The summed E-state index contributed by atoms with van der Waals surface area (Å²) in [6.07, 6.45) is 1.45. The zero-order chi connectivity index (χ0) is 24.4. The van der Waals surface area contributed by atoms with Gasteiger partial charge in [0.25, 0.3) is 0 Å². The minimum absolute atomic E-state index is 0.134. The lowest BCUT2D eigenvalue weighted by atomic mass is 9.91. The largest absolute Gasteiger partial charge is 0.493 e. The Labute approximate surface area is 206 Å². The molecule has 0 spiro atoms. The number of fused-ring (bicyclic) bond motifs is 2. The van der Waals surface area contributed by atoms with E-state index in [2.05, 4.69) is 23.1 Å². The van der Waals surface area contributed by atoms with E-state index < -0.39 is 0 Å². The highest BCUT2D eigenvalue weighted by Crippen LogP contribution is 2.34. The van der Waals surface area contributed by atoms with E-state index in [4.69, 9.17) is 9.47 Å². The number of methoxy groups -OCH3 is 2. The van der Waals surface area contributed by atoms with Crippen LogP contribution in [0.4, 0.5) is 0 Å². The first-order valence-electron chi connectivity index (χ1n) is 11.9. The van der Waals surface area contributed by atoms with Crippen molar-refractivity contribution in [3.63, 3.8) is 0 Å². The Morgan fingerprint density at radius 1 is 0.943 bits per heavy atom. The third-order valence-corrected chi connectivity index (χ3v) is 7.17. The summed E-state index contributed by atoms with van der Waals surface area (Å²) in [6.45, 7) is 2.46. The van der Waals surface area contributed by atoms with Crippen molar-refractivity contribution in [2.24, 2.45) is 0 Å². The molecule has 5 rings (SSSR count). The first kappa shape index (κ1) is 22.9. The van der Waals surface area contributed by atoms with Gasteiger partial charge in [0.15, 0.2) is 11.5 Å². The van der Waals surface area contributed by atoms with Crippen LogP contribution in [0.1, 0.15) is 33.4 Å². The van der Waals surface area contributed by atoms with Gasteiger partial charge in [-0.05, 0) is 58.9 Å². The van der Waals surface area contributed by atoms with Crippen molar-refractivity contribution in [3.8, 4) is 17.6 Å². The van der Waals surface area contributed by atoms with Crippen LogP contribution >= 0.6 is 0 Å². The maximum Gasteiger partial charge on any atom is 0.240 e. The van der Waals surface area contributed by atoms with Gasteiger partial charge in [-0.3, -0.25) is 9.69 Å². The summed E-state index contributed by atoms with van der Waals surface area (Å²) in [5.74, 6) is 1.54. The molecular weight excluding hydrogens is 438 g/mol. The smallest absolute Gasteiger partial charge is 0.240 e. The zero-order valence-electron chi connectivity index (χ0n) is 20.2. The van der Waals surface area contributed by atoms with Crippen molar-refractivity contribution in [2.45, 2.75) is 38.5 Å². The number of hydrogen-bond donors (Lipinski definition) is 0. The van der Waals surface area contributed by atoms with E-state index in [1.165, 1.54) is 16.7 Å². The van der Waals surface area contributed by atoms with Crippen LogP contribution in [0.3, 0.4) is 0 Å². The van der Waals surface area contributed by atoms with Gasteiger partial charge < -0.3 is 14.4 Å². The van der Waals surface area contributed by atoms with Crippen LogP contribution in [0.25, 0.3) is 0 Å². The van der Waals surface area contributed by atoms with Gasteiger partial charge >= 0.3 is 0 Å². The number of nitriles is 1. The molecule has 1 atom stereocenters. The van der Waals surface area contributed by atoms with E-state index in [9.17, 15) is 10.1 Å². The molecule has 2 heterocycles. The molecule has 0 fully saturated rings. The molecule has 1 unspecified atom stereocenters. The van der Waals surface area contributed by atoms with E-state index in [-0.39, 0.29) is 11.9 Å². The Hall–Kier alpha value is -3.82. The van der Waals surface area contributed by atoms with Gasteiger partial charge in [-0.25, -0.2) is 0 Å². The van der Waals surface area contributed by atoms with Crippen LogP contribution in [0, 0.1) is 11.3 Å². The molecule has 0 bridgehead atoms. The highest BCUT2D eigenvalue weighted by molar-refractivity contribution is 5.83. The Morgan fingerprint density at radius 3 is 2.37 bits per heavy atom. The molecule has 3 aromatic rings. The second-order valence-electron chi connectivity index (χ2n) is 9.15. The van der Waals surface area contributed by atoms with Gasteiger partial charge in [0.05, 0.1) is 31.9 Å². The number of ether oxygens (including phenoxy) is 2. The number of rotatable bonds is 5. The van der Waals surface area contributed by atoms with Crippen LogP contribution in [-0.4, -0.2) is 42.5 Å². The molecule has 0 radical (unpaired) electrons. The third kappa shape index (κ3) is 4.48. The van der Waals surface area contributed by atoms with Crippen molar-refractivity contribution in [3.05, 3.63) is 94.0 Å². The fourth-order valence-corrected chi connectivity index (χ4v) is 5.25. The van der Waals surface area contributed by atoms with Gasteiger partial charge in [-0.1, -0.05) is 42.5 Å². The molecule has 178 valence electrons. The van der Waals surface area contributed by atoms with Gasteiger partial charge in [0, 0.05) is 26.2 Å². The van der Waals surface area contributed by atoms with Crippen molar-refractivity contribution < 1.29 is 14.3 Å². The van der Waals surface area contributed by atoms with Crippen molar-refractivity contribution >= 4 is 5.91 Å². The molecule has 35 heavy (non-hydrogen) atoms. The molecule has 6 nitrogen and oxygen atoms in total. The van der Waals surface area contributed by atoms with Crippen LogP contribution in [0.5, 0.6) is 11.5 Å². The molecule has 0 saturated carbocycles. The van der Waals surface area contributed by atoms with Gasteiger partial charge in [0.2, 0.25) is 5.91 Å².